The number of aryl methyl sites for hydroxylation is 1. The Morgan fingerprint density at radius 2 is 1.81 bits per heavy atom. The van der Waals surface area contributed by atoms with Crippen LogP contribution in [0.15, 0.2) is 24.3 Å². The maximum absolute atomic E-state index is 13.7. The van der Waals surface area contributed by atoms with Crippen LogP contribution in [0, 0.1) is 5.92 Å². The highest BCUT2D eigenvalue weighted by atomic mass is 16.5. The molecule has 1 unspecified atom stereocenters. The van der Waals surface area contributed by atoms with Crippen molar-refractivity contribution in [3.63, 3.8) is 0 Å². The van der Waals surface area contributed by atoms with Gasteiger partial charge in [0.15, 0.2) is 0 Å². The quantitative estimate of drug-likeness (QED) is 0.596. The van der Waals surface area contributed by atoms with Crippen LogP contribution >= 0.6 is 0 Å². The third-order valence-electron chi connectivity index (χ3n) is 8.18. The largest absolute Gasteiger partial charge is 0.497 e. The fourth-order valence-electron chi connectivity index (χ4n) is 5.70. The number of benzene rings is 1. The first-order valence-corrected chi connectivity index (χ1v) is 13.5. The number of aromatic nitrogens is 1. The fraction of sp³-hybridized carbons (Fsp3) is 0.607. The number of hydrogen-bond acceptors (Lipinski definition) is 5. The normalized spacial score (nSPS) is 20.5. The van der Waals surface area contributed by atoms with Crippen molar-refractivity contribution in [1.82, 2.24) is 25.0 Å². The minimum atomic E-state index is -0.522. The monoisotopic (exact) mass is 511 g/mol. The molecule has 1 aromatic carbocycles. The first-order valence-electron chi connectivity index (χ1n) is 13.5. The second-order valence-electron chi connectivity index (χ2n) is 10.5. The number of nitrogens with zero attached hydrogens (tertiary/aromatic N) is 3. The second-order valence-corrected chi connectivity index (χ2v) is 10.5. The molecule has 2 aromatic rings. The predicted molar refractivity (Wildman–Crippen MR) is 144 cm³/mol. The molecular weight excluding hydrogens is 470 g/mol. The molecule has 4 rings (SSSR count). The summed E-state index contributed by atoms with van der Waals surface area (Å²) < 4.78 is 7.25. The predicted octanol–water partition coefficient (Wildman–Crippen LogP) is 2.53. The van der Waals surface area contributed by atoms with Crippen molar-refractivity contribution in [2.24, 2.45) is 13.0 Å². The highest BCUT2D eigenvalue weighted by molar-refractivity contribution is 5.99. The molecule has 2 heterocycles. The van der Waals surface area contributed by atoms with Crippen LogP contribution in [-0.4, -0.2) is 84.0 Å². The number of methoxy groups -OCH3 is 1. The van der Waals surface area contributed by atoms with Crippen molar-refractivity contribution in [3.8, 4) is 5.75 Å². The Kier molecular flexibility index (Phi) is 8.42. The molecule has 202 valence electrons. The lowest BCUT2D eigenvalue weighted by Crippen LogP contribution is -2.61. The number of ether oxygens (including phenoxy) is 1. The summed E-state index contributed by atoms with van der Waals surface area (Å²) in [7, 11) is 5.26. The number of fused-ring (bicyclic) bond motifs is 1. The second kappa shape index (κ2) is 11.5. The fourth-order valence-corrected chi connectivity index (χ4v) is 5.70. The van der Waals surface area contributed by atoms with E-state index in [9.17, 15) is 14.4 Å². The molecular formula is C28H41N5O4. The summed E-state index contributed by atoms with van der Waals surface area (Å²) in [5.41, 5.74) is 1.55. The topological polar surface area (TPSA) is 95.9 Å². The number of rotatable bonds is 7. The number of amides is 3. The van der Waals surface area contributed by atoms with Crippen molar-refractivity contribution in [2.45, 2.75) is 64.1 Å². The van der Waals surface area contributed by atoms with E-state index >= 15 is 0 Å². The lowest BCUT2D eigenvalue weighted by molar-refractivity contribution is -0.140. The molecule has 1 aromatic heterocycles. The van der Waals surface area contributed by atoms with Crippen LogP contribution in [0.25, 0.3) is 10.9 Å². The van der Waals surface area contributed by atoms with Gasteiger partial charge in [-0.05, 0) is 57.9 Å². The molecule has 2 aliphatic rings. The Labute approximate surface area is 219 Å². The molecule has 1 saturated heterocycles. The van der Waals surface area contributed by atoms with E-state index in [2.05, 4.69) is 10.6 Å². The van der Waals surface area contributed by atoms with Crippen LogP contribution in [0.5, 0.6) is 5.75 Å². The van der Waals surface area contributed by atoms with E-state index in [4.69, 9.17) is 4.74 Å². The van der Waals surface area contributed by atoms with Crippen LogP contribution in [0.1, 0.15) is 56.4 Å². The molecule has 0 radical (unpaired) electrons. The molecule has 9 heteroatoms. The molecule has 3 atom stereocenters. The summed E-state index contributed by atoms with van der Waals surface area (Å²) in [6.45, 7) is 5.14. The molecule has 0 spiro atoms. The van der Waals surface area contributed by atoms with Gasteiger partial charge in [-0.1, -0.05) is 19.3 Å². The standard InChI is InChI=1S/C28H41N5O4/c1-18-17-32(28(36)25(20-9-7-6-8-10-20)30-26(34)19(2)29-3)13-14-33(18)27(35)24-15-21-11-12-22(37-5)16-23(21)31(24)4/h11-12,15-16,18-20,25,29H,6-10,13-14,17H2,1-5H3,(H,30,34)/t18-,19-,25?/m0/s1. The third kappa shape index (κ3) is 5.61. The highest BCUT2D eigenvalue weighted by Gasteiger charge is 2.38. The van der Waals surface area contributed by atoms with Gasteiger partial charge < -0.3 is 29.7 Å². The van der Waals surface area contributed by atoms with Gasteiger partial charge in [0.05, 0.1) is 18.7 Å². The molecule has 2 N–H and O–H groups in total. The number of likely N-dealkylation sites (N-methyl/N-ethyl adjacent to an activating group) is 1. The number of carbonyl (C=O) groups is 3. The molecule has 9 nitrogen and oxygen atoms in total. The van der Waals surface area contributed by atoms with Gasteiger partial charge in [-0.3, -0.25) is 14.4 Å². The molecule has 0 bridgehead atoms. The zero-order chi connectivity index (χ0) is 26.7. The van der Waals surface area contributed by atoms with Gasteiger partial charge in [-0.2, -0.15) is 0 Å². The number of piperazine rings is 1. The Balaban J connectivity index is 1.48. The Morgan fingerprint density at radius 3 is 2.46 bits per heavy atom. The summed E-state index contributed by atoms with van der Waals surface area (Å²) in [5, 5.41) is 7.00. The minimum Gasteiger partial charge on any atom is -0.497 e. The maximum Gasteiger partial charge on any atom is 0.270 e. The molecule has 1 aliphatic heterocycles. The summed E-state index contributed by atoms with van der Waals surface area (Å²) in [4.78, 5) is 43.7. The zero-order valence-electron chi connectivity index (χ0n) is 22.8. The van der Waals surface area contributed by atoms with E-state index in [0.29, 0.717) is 25.3 Å². The van der Waals surface area contributed by atoms with E-state index < -0.39 is 6.04 Å². The van der Waals surface area contributed by atoms with Crippen LogP contribution < -0.4 is 15.4 Å². The Hall–Kier alpha value is -3.07. The van der Waals surface area contributed by atoms with E-state index in [-0.39, 0.29) is 35.7 Å². The summed E-state index contributed by atoms with van der Waals surface area (Å²) >= 11 is 0. The van der Waals surface area contributed by atoms with Gasteiger partial charge in [0, 0.05) is 44.2 Å². The van der Waals surface area contributed by atoms with Gasteiger partial charge in [0.1, 0.15) is 17.5 Å². The van der Waals surface area contributed by atoms with Crippen LogP contribution in [0.3, 0.4) is 0 Å². The first-order chi connectivity index (χ1) is 17.7. The zero-order valence-corrected chi connectivity index (χ0v) is 22.8. The van der Waals surface area contributed by atoms with Crippen LogP contribution in [0.4, 0.5) is 0 Å². The van der Waals surface area contributed by atoms with Gasteiger partial charge in [0.2, 0.25) is 11.8 Å². The third-order valence-corrected chi connectivity index (χ3v) is 8.18. The van der Waals surface area contributed by atoms with Crippen molar-refractivity contribution in [3.05, 3.63) is 30.0 Å². The lowest BCUT2D eigenvalue weighted by atomic mass is 9.83. The van der Waals surface area contributed by atoms with Crippen molar-refractivity contribution >= 4 is 28.6 Å². The van der Waals surface area contributed by atoms with E-state index in [1.165, 1.54) is 6.42 Å². The minimum absolute atomic E-state index is 0.0285. The molecule has 37 heavy (non-hydrogen) atoms. The average molecular weight is 512 g/mol. The van der Waals surface area contributed by atoms with Gasteiger partial charge in [-0.25, -0.2) is 0 Å². The summed E-state index contributed by atoms with van der Waals surface area (Å²) in [6, 6.07) is 6.66. The lowest BCUT2D eigenvalue weighted by Gasteiger charge is -2.42. The number of hydrogen-bond donors (Lipinski definition) is 2. The van der Waals surface area contributed by atoms with E-state index in [1.54, 1.807) is 21.1 Å². The van der Waals surface area contributed by atoms with Crippen LogP contribution in [0.2, 0.25) is 0 Å². The smallest absolute Gasteiger partial charge is 0.270 e. The van der Waals surface area contributed by atoms with Crippen LogP contribution in [-0.2, 0) is 16.6 Å². The van der Waals surface area contributed by atoms with Gasteiger partial charge in [-0.15, -0.1) is 0 Å². The Bertz CT molecular complexity index is 1140. The van der Waals surface area contributed by atoms with Crippen molar-refractivity contribution in [1.29, 1.82) is 0 Å². The molecule has 3 amide bonds. The van der Waals surface area contributed by atoms with Crippen molar-refractivity contribution < 1.29 is 19.1 Å². The average Bonchev–Trinajstić information content (AvgIpc) is 3.26. The highest BCUT2D eigenvalue weighted by Crippen LogP contribution is 2.29. The summed E-state index contributed by atoms with van der Waals surface area (Å²) in [6.07, 6.45) is 5.24. The SMILES string of the molecule is CN[C@@H](C)C(=O)NC(C(=O)N1CCN(C(=O)c2cc3ccc(OC)cc3n2C)[C@@H](C)C1)C1CCCCC1. The molecule has 1 saturated carbocycles. The maximum atomic E-state index is 13.7. The first kappa shape index (κ1) is 27.0. The number of nitrogens with one attached hydrogen (secondary N) is 2. The molecule has 1 aliphatic carbocycles. The van der Waals surface area contributed by atoms with Gasteiger partial charge in [0.25, 0.3) is 5.91 Å². The van der Waals surface area contributed by atoms with Gasteiger partial charge >= 0.3 is 0 Å². The summed E-state index contributed by atoms with van der Waals surface area (Å²) in [5.74, 6) is 0.672. The molecule has 2 fully saturated rings. The Morgan fingerprint density at radius 1 is 1.08 bits per heavy atom. The van der Waals surface area contributed by atoms with E-state index in [1.807, 2.05) is 52.6 Å². The van der Waals surface area contributed by atoms with Crippen molar-refractivity contribution in [2.75, 3.05) is 33.8 Å². The number of carbonyl (C=O) groups excluding carboxylic acids is 3. The van der Waals surface area contributed by atoms with E-state index in [0.717, 1.165) is 42.3 Å².